The van der Waals surface area contributed by atoms with Crippen molar-refractivity contribution in [2.75, 3.05) is 9.80 Å². The zero-order chi connectivity index (χ0) is 56.8. The Bertz CT molecular complexity index is 4340. The van der Waals surface area contributed by atoms with Crippen molar-refractivity contribution in [3.05, 3.63) is 294 Å². The molecule has 9 heteroatoms. The highest BCUT2D eigenvalue weighted by molar-refractivity contribution is 6.12. The van der Waals surface area contributed by atoms with Gasteiger partial charge in [-0.25, -0.2) is 9.97 Å². The number of fused-ring (bicyclic) bond motifs is 3. The normalized spacial score (nSPS) is 11.3. The third kappa shape index (κ3) is 10.1. The second-order valence-corrected chi connectivity index (χ2v) is 19.9. The molecule has 10 aromatic carbocycles. The van der Waals surface area contributed by atoms with Crippen molar-refractivity contribution in [2.24, 2.45) is 0 Å². The van der Waals surface area contributed by atoms with Crippen molar-refractivity contribution in [3.8, 4) is 63.9 Å². The van der Waals surface area contributed by atoms with Crippen LogP contribution in [-0.4, -0.2) is 14.5 Å². The molecule has 0 bridgehead atoms. The minimum atomic E-state index is 0.365. The Labute approximate surface area is 482 Å². The predicted octanol–water partition coefficient (Wildman–Crippen LogP) is 18.5. The molecule has 0 unspecified atom stereocenters. The molecule has 0 fully saturated rings. The van der Waals surface area contributed by atoms with Crippen molar-refractivity contribution in [1.29, 1.82) is 21.0 Å². The molecule has 12 rings (SSSR count). The number of anilines is 6. The molecule has 9 nitrogen and oxygen atoms in total. The van der Waals surface area contributed by atoms with Crippen molar-refractivity contribution >= 4 is 67.1 Å². The largest absolute Gasteiger partial charge is 0.310 e. The van der Waals surface area contributed by atoms with E-state index >= 15 is 0 Å². The Hall–Kier alpha value is -11.9. The highest BCUT2D eigenvalue weighted by atomic mass is 15.1. The molecule has 0 aliphatic heterocycles. The molecule has 0 atom stereocenters. The predicted molar refractivity (Wildman–Crippen MR) is 335 cm³/mol. The molecular formula is C74H49N9. The number of aromatic nitrogens is 3. The molecule has 0 saturated heterocycles. The summed E-state index contributed by atoms with van der Waals surface area (Å²) in [5.41, 5.74) is 16.7. The Morgan fingerprint density at radius 2 is 0.771 bits per heavy atom. The standard InChI is InChI=1S/C74H49N9/c1-50(52-33-35-53(36-34-52)69-45-70(65-29-17-15-19-54(65)46-75)80-74(79-69)66-30-18-16-20-55(66)47-76)31-32-51(2)56-41-57(48-77)73(58(42-56)49-78)83-71-39-37-63(81(59-21-7-3-8-22-59)60-23-9-4-10-24-60)43-67(71)68-44-64(38-40-72(68)83)82(61-25-11-5-12-26-61)62-27-13-6-14-28-62/h3-45H,1-2H3/b50-31+,51-32+. The Kier molecular flexibility index (Phi) is 14.3. The average molecular weight is 1060 g/mol. The van der Waals surface area contributed by atoms with Crippen LogP contribution in [0.25, 0.3) is 72.5 Å². The van der Waals surface area contributed by atoms with Crippen LogP contribution in [0.15, 0.2) is 261 Å². The Morgan fingerprint density at radius 3 is 1.23 bits per heavy atom. The molecule has 0 spiro atoms. The number of rotatable bonds is 13. The lowest BCUT2D eigenvalue weighted by Gasteiger charge is -2.26. The van der Waals surface area contributed by atoms with E-state index < -0.39 is 0 Å². The summed E-state index contributed by atoms with van der Waals surface area (Å²) >= 11 is 0. The van der Waals surface area contributed by atoms with Gasteiger partial charge in [-0.05, 0) is 157 Å². The first-order chi connectivity index (χ1) is 40.8. The number of nitriles is 4. The van der Waals surface area contributed by atoms with Crippen molar-refractivity contribution in [3.63, 3.8) is 0 Å². The zero-order valence-corrected chi connectivity index (χ0v) is 45.4. The van der Waals surface area contributed by atoms with Crippen LogP contribution in [0.1, 0.15) is 47.2 Å². The molecule has 0 radical (unpaired) electrons. The van der Waals surface area contributed by atoms with Crippen LogP contribution in [0.3, 0.4) is 0 Å². The first-order valence-electron chi connectivity index (χ1n) is 27.0. The van der Waals surface area contributed by atoms with Crippen molar-refractivity contribution in [1.82, 2.24) is 14.5 Å². The lowest BCUT2D eigenvalue weighted by molar-refractivity contribution is 1.15. The van der Waals surface area contributed by atoms with Gasteiger partial charge in [0.15, 0.2) is 5.82 Å². The van der Waals surface area contributed by atoms with E-state index in [-0.39, 0.29) is 0 Å². The highest BCUT2D eigenvalue weighted by Crippen LogP contribution is 2.44. The van der Waals surface area contributed by atoms with Gasteiger partial charge in [-0.1, -0.05) is 140 Å². The van der Waals surface area contributed by atoms with E-state index in [1.807, 2.05) is 178 Å². The van der Waals surface area contributed by atoms with Crippen LogP contribution >= 0.6 is 0 Å². The van der Waals surface area contributed by atoms with Gasteiger partial charge < -0.3 is 14.4 Å². The first kappa shape index (κ1) is 51.9. The van der Waals surface area contributed by atoms with E-state index in [0.29, 0.717) is 56.3 Å². The fraction of sp³-hybridized carbons (Fsp3) is 0.0270. The first-order valence-corrected chi connectivity index (χ1v) is 27.0. The van der Waals surface area contributed by atoms with Gasteiger partial charge in [-0.15, -0.1) is 0 Å². The van der Waals surface area contributed by atoms with E-state index in [2.05, 4.69) is 124 Å². The van der Waals surface area contributed by atoms with Gasteiger partial charge in [0.25, 0.3) is 0 Å². The molecule has 390 valence electrons. The lowest BCUT2D eigenvalue weighted by atomic mass is 9.97. The zero-order valence-electron chi connectivity index (χ0n) is 45.4. The number of para-hydroxylation sites is 4. The van der Waals surface area contributed by atoms with E-state index in [4.69, 9.17) is 9.97 Å². The van der Waals surface area contributed by atoms with Crippen LogP contribution in [0.2, 0.25) is 0 Å². The topological polar surface area (TPSA) is 132 Å². The average Bonchev–Trinajstić information content (AvgIpc) is 4.13. The van der Waals surface area contributed by atoms with Crippen LogP contribution < -0.4 is 9.80 Å². The van der Waals surface area contributed by atoms with Crippen LogP contribution in [-0.2, 0) is 0 Å². The van der Waals surface area contributed by atoms with Crippen molar-refractivity contribution in [2.45, 2.75) is 13.8 Å². The summed E-state index contributed by atoms with van der Waals surface area (Å²) in [5, 5.41) is 44.1. The Morgan fingerprint density at radius 1 is 0.373 bits per heavy atom. The molecule has 0 aliphatic rings. The number of benzene rings is 10. The number of nitrogens with zero attached hydrogens (tertiary/aromatic N) is 9. The molecule has 0 saturated carbocycles. The van der Waals surface area contributed by atoms with Gasteiger partial charge in [0.2, 0.25) is 0 Å². The molecular weight excluding hydrogens is 1010 g/mol. The second kappa shape index (κ2) is 22.8. The summed E-state index contributed by atoms with van der Waals surface area (Å²) in [7, 11) is 0. The fourth-order valence-electron chi connectivity index (χ4n) is 10.8. The van der Waals surface area contributed by atoms with E-state index in [1.54, 1.807) is 12.1 Å². The molecule has 2 heterocycles. The second-order valence-electron chi connectivity index (χ2n) is 19.9. The summed E-state index contributed by atoms with van der Waals surface area (Å²) in [6.07, 6.45) is 4.06. The van der Waals surface area contributed by atoms with E-state index in [9.17, 15) is 21.0 Å². The maximum Gasteiger partial charge on any atom is 0.161 e. The summed E-state index contributed by atoms with van der Waals surface area (Å²) in [4.78, 5) is 14.3. The minimum absolute atomic E-state index is 0.365. The SMILES string of the molecule is C/C(=C\C=C(/C)c1cc(C#N)c(-n2c3ccc(N(c4ccccc4)c4ccccc4)cc3c3cc(N(c4ccccc4)c4ccccc4)ccc32)c(C#N)c1)c1ccc(-c2cc(-c3ccccc3C#N)nc(-c3ccccc3C#N)n2)cc1. The summed E-state index contributed by atoms with van der Waals surface area (Å²) < 4.78 is 2.08. The maximum absolute atomic E-state index is 11.1. The number of allylic oxidation sites excluding steroid dienone is 4. The molecule has 0 N–H and O–H groups in total. The smallest absolute Gasteiger partial charge is 0.161 e. The molecule has 12 aromatic rings. The fourth-order valence-corrected chi connectivity index (χ4v) is 10.8. The van der Waals surface area contributed by atoms with Gasteiger partial charge in [0.1, 0.15) is 12.1 Å². The van der Waals surface area contributed by atoms with Gasteiger partial charge >= 0.3 is 0 Å². The summed E-state index contributed by atoms with van der Waals surface area (Å²) in [6, 6.07) is 91.9. The van der Waals surface area contributed by atoms with Gasteiger partial charge in [-0.3, -0.25) is 0 Å². The minimum Gasteiger partial charge on any atom is -0.310 e. The molecule has 2 aromatic heterocycles. The van der Waals surface area contributed by atoms with E-state index in [0.717, 1.165) is 83.8 Å². The number of hydrogen-bond donors (Lipinski definition) is 0. The van der Waals surface area contributed by atoms with Crippen LogP contribution in [0.5, 0.6) is 0 Å². The monoisotopic (exact) mass is 1060 g/mol. The van der Waals surface area contributed by atoms with Gasteiger partial charge in [-0.2, -0.15) is 21.0 Å². The van der Waals surface area contributed by atoms with Gasteiger partial charge in [0.05, 0.1) is 62.5 Å². The van der Waals surface area contributed by atoms with Crippen LogP contribution in [0.4, 0.5) is 34.1 Å². The maximum atomic E-state index is 11.1. The third-order valence-corrected chi connectivity index (χ3v) is 14.9. The summed E-state index contributed by atoms with van der Waals surface area (Å²) in [5.74, 6) is 0.387. The molecule has 0 amide bonds. The van der Waals surface area contributed by atoms with Crippen molar-refractivity contribution < 1.29 is 0 Å². The summed E-state index contributed by atoms with van der Waals surface area (Å²) in [6.45, 7) is 4.03. The highest BCUT2D eigenvalue weighted by Gasteiger charge is 2.24. The third-order valence-electron chi connectivity index (χ3n) is 14.9. The molecule has 0 aliphatic carbocycles. The van der Waals surface area contributed by atoms with E-state index in [1.165, 1.54) is 0 Å². The lowest BCUT2D eigenvalue weighted by Crippen LogP contribution is -2.09. The van der Waals surface area contributed by atoms with Gasteiger partial charge in [0, 0.05) is 61.6 Å². The molecule has 83 heavy (non-hydrogen) atoms. The Balaban J connectivity index is 0.935. The van der Waals surface area contributed by atoms with Crippen LogP contribution in [0, 0.1) is 45.3 Å². The quantitative estimate of drug-likeness (QED) is 0.104. The number of hydrogen-bond acceptors (Lipinski definition) is 8.